The van der Waals surface area contributed by atoms with Crippen LogP contribution in [0, 0.1) is 0 Å². The lowest BCUT2D eigenvalue weighted by Crippen LogP contribution is -2.32. The standard InChI is InChI=1S/C21H18Cl2N2O2S/c22-15-6-9-18(23)19(10-15)27-12-20-24-16(13-28-20)11-25(17-7-8-17)21(26)14-4-2-1-3-5-14/h1-6,9-10,13,17H,7-8,11-12H2. The van der Waals surface area contributed by atoms with E-state index in [1.165, 1.54) is 11.3 Å². The molecule has 2 aromatic carbocycles. The molecule has 0 bridgehead atoms. The van der Waals surface area contributed by atoms with Gasteiger partial charge in [-0.2, -0.15) is 0 Å². The Morgan fingerprint density at radius 2 is 1.96 bits per heavy atom. The highest BCUT2D eigenvalue weighted by Gasteiger charge is 2.33. The van der Waals surface area contributed by atoms with E-state index in [2.05, 4.69) is 4.98 Å². The summed E-state index contributed by atoms with van der Waals surface area (Å²) in [6.45, 7) is 0.813. The van der Waals surface area contributed by atoms with Crippen LogP contribution in [0.5, 0.6) is 5.75 Å². The Morgan fingerprint density at radius 3 is 2.71 bits per heavy atom. The summed E-state index contributed by atoms with van der Waals surface area (Å²) < 4.78 is 5.75. The quantitative estimate of drug-likeness (QED) is 0.471. The molecule has 0 radical (unpaired) electrons. The summed E-state index contributed by atoms with van der Waals surface area (Å²) in [4.78, 5) is 19.4. The van der Waals surface area contributed by atoms with Crippen molar-refractivity contribution in [1.82, 2.24) is 9.88 Å². The fourth-order valence-electron chi connectivity index (χ4n) is 2.89. The zero-order valence-corrected chi connectivity index (χ0v) is 17.3. The normalized spacial score (nSPS) is 13.4. The number of hydrogen-bond donors (Lipinski definition) is 0. The minimum Gasteiger partial charge on any atom is -0.485 e. The molecule has 1 aromatic heterocycles. The van der Waals surface area contributed by atoms with Crippen LogP contribution in [0.2, 0.25) is 10.0 Å². The van der Waals surface area contributed by atoms with Gasteiger partial charge in [-0.3, -0.25) is 4.79 Å². The molecular weight excluding hydrogens is 415 g/mol. The van der Waals surface area contributed by atoms with Crippen molar-refractivity contribution in [3.63, 3.8) is 0 Å². The van der Waals surface area contributed by atoms with Crippen molar-refractivity contribution in [2.24, 2.45) is 0 Å². The van der Waals surface area contributed by atoms with E-state index < -0.39 is 0 Å². The number of hydrogen-bond acceptors (Lipinski definition) is 4. The van der Waals surface area contributed by atoms with E-state index in [0.717, 1.165) is 23.5 Å². The first kappa shape index (κ1) is 19.2. The molecule has 0 aliphatic heterocycles. The Balaban J connectivity index is 1.42. The van der Waals surface area contributed by atoms with Crippen LogP contribution < -0.4 is 4.74 Å². The zero-order valence-electron chi connectivity index (χ0n) is 15.0. The summed E-state index contributed by atoms with van der Waals surface area (Å²) in [6.07, 6.45) is 2.10. The third-order valence-electron chi connectivity index (χ3n) is 4.45. The van der Waals surface area contributed by atoms with Gasteiger partial charge >= 0.3 is 0 Å². The highest BCUT2D eigenvalue weighted by molar-refractivity contribution is 7.09. The molecule has 1 saturated carbocycles. The number of carbonyl (C=O) groups excluding carboxylic acids is 1. The predicted molar refractivity (Wildman–Crippen MR) is 112 cm³/mol. The molecule has 0 unspecified atom stereocenters. The van der Waals surface area contributed by atoms with Gasteiger partial charge in [0.05, 0.1) is 17.3 Å². The Morgan fingerprint density at radius 1 is 1.18 bits per heavy atom. The Bertz CT molecular complexity index is 974. The van der Waals surface area contributed by atoms with Crippen LogP contribution in [0.25, 0.3) is 0 Å². The highest BCUT2D eigenvalue weighted by atomic mass is 35.5. The molecule has 4 nitrogen and oxygen atoms in total. The third kappa shape index (κ3) is 4.66. The Hall–Kier alpha value is -2.08. The molecule has 0 spiro atoms. The molecule has 1 amide bonds. The second-order valence-corrected chi connectivity index (χ2v) is 8.41. The molecule has 1 aliphatic rings. The van der Waals surface area contributed by atoms with Crippen molar-refractivity contribution in [1.29, 1.82) is 0 Å². The van der Waals surface area contributed by atoms with Crippen LogP contribution in [0.3, 0.4) is 0 Å². The zero-order chi connectivity index (χ0) is 19.5. The molecule has 144 valence electrons. The summed E-state index contributed by atoms with van der Waals surface area (Å²) in [6, 6.07) is 14.8. The first-order valence-corrected chi connectivity index (χ1v) is 10.6. The van der Waals surface area contributed by atoms with Crippen LogP contribution in [0.1, 0.15) is 33.9 Å². The van der Waals surface area contributed by atoms with Crippen LogP contribution in [0.4, 0.5) is 0 Å². The van der Waals surface area contributed by atoms with E-state index in [1.807, 2.05) is 40.6 Å². The van der Waals surface area contributed by atoms with E-state index >= 15 is 0 Å². The fraction of sp³-hybridized carbons (Fsp3) is 0.238. The topological polar surface area (TPSA) is 42.4 Å². The lowest BCUT2D eigenvalue weighted by atomic mass is 10.2. The molecule has 7 heteroatoms. The largest absolute Gasteiger partial charge is 0.485 e. The summed E-state index contributed by atoms with van der Waals surface area (Å²) in [7, 11) is 0. The highest BCUT2D eigenvalue weighted by Crippen LogP contribution is 2.31. The van der Waals surface area contributed by atoms with Crippen molar-refractivity contribution >= 4 is 40.4 Å². The van der Waals surface area contributed by atoms with Crippen LogP contribution >= 0.6 is 34.5 Å². The van der Waals surface area contributed by atoms with Gasteiger partial charge in [-0.25, -0.2) is 4.98 Å². The van der Waals surface area contributed by atoms with Crippen molar-refractivity contribution < 1.29 is 9.53 Å². The maximum atomic E-state index is 12.9. The lowest BCUT2D eigenvalue weighted by molar-refractivity contribution is 0.0728. The number of halogens is 2. The van der Waals surface area contributed by atoms with Gasteiger partial charge in [-0.05, 0) is 37.1 Å². The average Bonchev–Trinajstić information content (AvgIpc) is 3.46. The Labute approximate surface area is 177 Å². The number of rotatable bonds is 7. The van der Waals surface area contributed by atoms with E-state index in [4.69, 9.17) is 27.9 Å². The Kier molecular flexibility index (Phi) is 5.85. The fourth-order valence-corrected chi connectivity index (χ4v) is 3.92. The maximum absolute atomic E-state index is 12.9. The van der Waals surface area contributed by atoms with Crippen molar-refractivity contribution in [3.05, 3.63) is 80.2 Å². The van der Waals surface area contributed by atoms with Crippen LogP contribution in [-0.4, -0.2) is 21.8 Å². The van der Waals surface area contributed by atoms with E-state index in [9.17, 15) is 4.79 Å². The number of benzene rings is 2. The van der Waals surface area contributed by atoms with Gasteiger partial charge in [0.1, 0.15) is 17.4 Å². The van der Waals surface area contributed by atoms with Gasteiger partial charge in [-0.1, -0.05) is 41.4 Å². The molecule has 0 N–H and O–H groups in total. The van der Waals surface area contributed by atoms with Gasteiger partial charge in [0.25, 0.3) is 5.91 Å². The second kappa shape index (κ2) is 8.52. The number of thiazole rings is 1. The maximum Gasteiger partial charge on any atom is 0.254 e. The second-order valence-electron chi connectivity index (χ2n) is 6.63. The minimum atomic E-state index is 0.0552. The van der Waals surface area contributed by atoms with E-state index in [0.29, 0.717) is 40.6 Å². The smallest absolute Gasteiger partial charge is 0.254 e. The van der Waals surface area contributed by atoms with Crippen molar-refractivity contribution in [2.45, 2.75) is 32.0 Å². The molecule has 0 saturated heterocycles. The molecule has 28 heavy (non-hydrogen) atoms. The first-order chi connectivity index (χ1) is 13.6. The van der Waals surface area contributed by atoms with Crippen molar-refractivity contribution in [3.8, 4) is 5.75 Å². The summed E-state index contributed by atoms with van der Waals surface area (Å²) in [5.41, 5.74) is 1.58. The molecule has 4 rings (SSSR count). The summed E-state index contributed by atoms with van der Waals surface area (Å²) in [5.74, 6) is 0.587. The number of carbonyl (C=O) groups is 1. The van der Waals surface area contributed by atoms with Crippen LogP contribution in [0.15, 0.2) is 53.9 Å². The minimum absolute atomic E-state index is 0.0552. The molecule has 1 aliphatic carbocycles. The van der Waals surface area contributed by atoms with Gasteiger partial charge in [-0.15, -0.1) is 11.3 Å². The average molecular weight is 433 g/mol. The number of ether oxygens (including phenoxy) is 1. The van der Waals surface area contributed by atoms with Crippen molar-refractivity contribution in [2.75, 3.05) is 0 Å². The molecule has 1 heterocycles. The van der Waals surface area contributed by atoms with Gasteiger partial charge in [0.2, 0.25) is 0 Å². The van der Waals surface area contributed by atoms with E-state index in [1.54, 1.807) is 18.2 Å². The first-order valence-electron chi connectivity index (χ1n) is 8.97. The molecular formula is C21H18Cl2N2O2S. The molecule has 0 atom stereocenters. The monoisotopic (exact) mass is 432 g/mol. The van der Waals surface area contributed by atoms with Gasteiger partial charge in [0, 0.05) is 28.1 Å². The van der Waals surface area contributed by atoms with Crippen LogP contribution in [-0.2, 0) is 13.2 Å². The SMILES string of the molecule is O=C(c1ccccc1)N(Cc1csc(COc2cc(Cl)ccc2Cl)n1)C1CC1. The number of nitrogens with zero attached hydrogens (tertiary/aromatic N) is 2. The number of aromatic nitrogens is 1. The molecule has 1 fully saturated rings. The summed E-state index contributed by atoms with van der Waals surface area (Å²) in [5, 5.41) is 3.88. The van der Waals surface area contributed by atoms with Gasteiger partial charge < -0.3 is 9.64 Å². The summed E-state index contributed by atoms with van der Waals surface area (Å²) >= 11 is 13.6. The van der Waals surface area contributed by atoms with Gasteiger partial charge in [0.15, 0.2) is 0 Å². The number of amides is 1. The molecule has 3 aromatic rings. The third-order valence-corrected chi connectivity index (χ3v) is 5.86. The predicted octanol–water partition coefficient (Wildman–Crippen LogP) is 5.83. The van der Waals surface area contributed by atoms with E-state index in [-0.39, 0.29) is 5.91 Å². The lowest BCUT2D eigenvalue weighted by Gasteiger charge is -2.21.